The van der Waals surface area contributed by atoms with E-state index in [9.17, 15) is 14.4 Å². The maximum Gasteiger partial charge on any atom is 0.330 e. The van der Waals surface area contributed by atoms with Gasteiger partial charge in [-0.3, -0.25) is 18.7 Å². The number of para-hydroxylation sites is 1. The maximum absolute atomic E-state index is 11.8. The minimum Gasteiger partial charge on any atom is -0.325 e. The molecule has 116 valence electrons. The van der Waals surface area contributed by atoms with Crippen molar-refractivity contribution in [3.63, 3.8) is 0 Å². The van der Waals surface area contributed by atoms with Gasteiger partial charge in [-0.05, 0) is 12.1 Å². The molecule has 1 aromatic heterocycles. The molecule has 22 heavy (non-hydrogen) atoms. The number of carbonyl (C=O) groups excluding carboxylic acids is 1. The minimum atomic E-state index is -0.364. The Balaban J connectivity index is 1.93. The van der Waals surface area contributed by atoms with Crippen LogP contribution in [0.3, 0.4) is 0 Å². The lowest BCUT2D eigenvalue weighted by Crippen LogP contribution is -2.37. The molecule has 0 bridgehead atoms. The largest absolute Gasteiger partial charge is 0.330 e. The summed E-state index contributed by atoms with van der Waals surface area (Å²) in [6.45, 7) is 0. The fraction of sp³-hybridized carbons (Fsp3) is 0.267. The Kier molecular flexibility index (Phi) is 5.21. The van der Waals surface area contributed by atoms with Crippen LogP contribution in [0.15, 0.2) is 46.0 Å². The quantitative estimate of drug-likeness (QED) is 0.891. The van der Waals surface area contributed by atoms with E-state index in [0.29, 0.717) is 11.4 Å². The lowest BCUT2D eigenvalue weighted by molar-refractivity contribution is -0.113. The molecule has 0 fully saturated rings. The monoisotopic (exact) mass is 319 g/mol. The lowest BCUT2D eigenvalue weighted by atomic mass is 10.3. The molecule has 7 heteroatoms. The fourth-order valence-electron chi connectivity index (χ4n) is 1.88. The normalized spacial score (nSPS) is 10.5. The molecule has 0 saturated carbocycles. The zero-order valence-electron chi connectivity index (χ0n) is 12.4. The first-order chi connectivity index (χ1) is 10.5. The van der Waals surface area contributed by atoms with Crippen molar-refractivity contribution in [3.8, 4) is 0 Å². The Bertz CT molecular complexity index is 781. The molecular formula is C15H17N3O3S. The first-order valence-electron chi connectivity index (χ1n) is 6.67. The van der Waals surface area contributed by atoms with Crippen molar-refractivity contribution in [3.05, 3.63) is 62.9 Å². The molecule has 0 atom stereocenters. The highest BCUT2D eigenvalue weighted by molar-refractivity contribution is 7.99. The molecule has 2 aromatic rings. The van der Waals surface area contributed by atoms with Gasteiger partial charge in [-0.2, -0.15) is 0 Å². The molecule has 2 rings (SSSR count). The van der Waals surface area contributed by atoms with Gasteiger partial charge in [-0.25, -0.2) is 4.79 Å². The maximum atomic E-state index is 11.8. The van der Waals surface area contributed by atoms with Crippen molar-refractivity contribution in [1.82, 2.24) is 9.13 Å². The Morgan fingerprint density at radius 2 is 1.82 bits per heavy atom. The summed E-state index contributed by atoms with van der Waals surface area (Å²) in [6.07, 6.45) is 0. The van der Waals surface area contributed by atoms with Crippen molar-refractivity contribution in [2.24, 2.45) is 14.1 Å². The Labute approximate surface area is 131 Å². The van der Waals surface area contributed by atoms with Crippen LogP contribution in [0.4, 0.5) is 5.69 Å². The molecular weight excluding hydrogens is 302 g/mol. The molecule has 1 heterocycles. The molecule has 1 aromatic carbocycles. The van der Waals surface area contributed by atoms with Crippen LogP contribution in [-0.2, 0) is 24.6 Å². The molecule has 0 saturated heterocycles. The van der Waals surface area contributed by atoms with Crippen molar-refractivity contribution in [2.75, 3.05) is 11.1 Å². The molecule has 1 N–H and O–H groups in total. The summed E-state index contributed by atoms with van der Waals surface area (Å²) >= 11 is 1.35. The van der Waals surface area contributed by atoms with Gasteiger partial charge in [-0.15, -0.1) is 11.8 Å². The summed E-state index contributed by atoms with van der Waals surface area (Å²) in [7, 11) is 3.05. The first-order valence-corrected chi connectivity index (χ1v) is 7.83. The molecule has 1 amide bonds. The molecule has 0 spiro atoms. The van der Waals surface area contributed by atoms with Crippen LogP contribution in [0.5, 0.6) is 0 Å². The van der Waals surface area contributed by atoms with Crippen LogP contribution in [-0.4, -0.2) is 20.8 Å². The molecule has 0 aliphatic heterocycles. The van der Waals surface area contributed by atoms with E-state index in [1.165, 1.54) is 29.4 Å². The summed E-state index contributed by atoms with van der Waals surface area (Å²) in [5.74, 6) is 0.549. The zero-order chi connectivity index (χ0) is 16.1. The average molecular weight is 319 g/mol. The molecule has 0 aliphatic rings. The topological polar surface area (TPSA) is 73.1 Å². The smallest absolute Gasteiger partial charge is 0.325 e. The van der Waals surface area contributed by atoms with Crippen molar-refractivity contribution < 1.29 is 4.79 Å². The van der Waals surface area contributed by atoms with E-state index < -0.39 is 0 Å². The Morgan fingerprint density at radius 1 is 1.14 bits per heavy atom. The van der Waals surface area contributed by atoms with Gasteiger partial charge in [0.1, 0.15) is 0 Å². The van der Waals surface area contributed by atoms with Crippen LogP contribution >= 0.6 is 11.8 Å². The van der Waals surface area contributed by atoms with Gasteiger partial charge < -0.3 is 5.32 Å². The average Bonchev–Trinajstić information content (AvgIpc) is 2.51. The summed E-state index contributed by atoms with van der Waals surface area (Å²) in [5, 5.41) is 2.78. The fourth-order valence-corrected chi connectivity index (χ4v) is 2.73. The summed E-state index contributed by atoms with van der Waals surface area (Å²) < 4.78 is 2.47. The number of anilines is 1. The van der Waals surface area contributed by atoms with E-state index in [1.807, 2.05) is 30.3 Å². The van der Waals surface area contributed by atoms with Crippen LogP contribution in [0.2, 0.25) is 0 Å². The van der Waals surface area contributed by atoms with E-state index in [4.69, 9.17) is 0 Å². The second-order valence-corrected chi connectivity index (χ2v) is 5.77. The van der Waals surface area contributed by atoms with Gasteiger partial charge in [0.15, 0.2) is 0 Å². The number of hydrogen-bond donors (Lipinski definition) is 1. The molecule has 0 aliphatic carbocycles. The SMILES string of the molecule is Cn1c(CSCC(=O)Nc2ccccc2)cc(=O)n(C)c1=O. The Hall–Kier alpha value is -2.28. The van der Waals surface area contributed by atoms with Gasteiger partial charge in [0.25, 0.3) is 5.56 Å². The van der Waals surface area contributed by atoms with E-state index in [-0.39, 0.29) is 22.9 Å². The van der Waals surface area contributed by atoms with Crippen LogP contribution in [0, 0.1) is 0 Å². The predicted molar refractivity (Wildman–Crippen MR) is 88.2 cm³/mol. The summed E-state index contributed by atoms with van der Waals surface area (Å²) in [4.78, 5) is 35.2. The number of amides is 1. The molecule has 0 unspecified atom stereocenters. The van der Waals surface area contributed by atoms with E-state index in [2.05, 4.69) is 5.32 Å². The molecule has 6 nitrogen and oxygen atoms in total. The standard InChI is InChI=1S/C15H17N3O3S/c1-17-12(8-14(20)18(2)15(17)21)9-22-10-13(19)16-11-6-4-3-5-7-11/h3-8H,9-10H2,1-2H3,(H,16,19). The summed E-state index contributed by atoms with van der Waals surface area (Å²) in [6, 6.07) is 10.6. The minimum absolute atomic E-state index is 0.120. The predicted octanol–water partition coefficient (Wildman–Crippen LogP) is 0.956. The van der Waals surface area contributed by atoms with E-state index in [0.717, 1.165) is 10.3 Å². The third kappa shape index (κ3) is 3.88. The number of carbonyl (C=O) groups is 1. The highest BCUT2D eigenvalue weighted by atomic mass is 32.2. The lowest BCUT2D eigenvalue weighted by Gasteiger charge is -2.09. The van der Waals surface area contributed by atoms with Crippen molar-refractivity contribution in [2.45, 2.75) is 5.75 Å². The van der Waals surface area contributed by atoms with E-state index >= 15 is 0 Å². The number of thioether (sulfide) groups is 1. The van der Waals surface area contributed by atoms with Gasteiger partial charge in [-0.1, -0.05) is 18.2 Å². The van der Waals surface area contributed by atoms with Gasteiger partial charge in [0.05, 0.1) is 5.75 Å². The second kappa shape index (κ2) is 7.13. The highest BCUT2D eigenvalue weighted by Crippen LogP contribution is 2.11. The third-order valence-corrected chi connectivity index (χ3v) is 4.13. The number of rotatable bonds is 5. The number of nitrogens with zero attached hydrogens (tertiary/aromatic N) is 2. The van der Waals surface area contributed by atoms with Gasteiger partial charge in [0, 0.05) is 37.3 Å². The zero-order valence-corrected chi connectivity index (χ0v) is 13.2. The van der Waals surface area contributed by atoms with Gasteiger partial charge >= 0.3 is 5.69 Å². The van der Waals surface area contributed by atoms with Crippen molar-refractivity contribution in [1.29, 1.82) is 0 Å². The number of aromatic nitrogens is 2. The number of benzene rings is 1. The van der Waals surface area contributed by atoms with E-state index in [1.54, 1.807) is 7.05 Å². The third-order valence-electron chi connectivity index (χ3n) is 3.17. The van der Waals surface area contributed by atoms with Crippen molar-refractivity contribution >= 4 is 23.4 Å². The van der Waals surface area contributed by atoms with Crippen LogP contribution in [0.1, 0.15) is 5.69 Å². The van der Waals surface area contributed by atoms with Gasteiger partial charge in [0.2, 0.25) is 5.91 Å². The summed E-state index contributed by atoms with van der Waals surface area (Å²) in [5.41, 5.74) is 0.643. The Morgan fingerprint density at radius 3 is 2.50 bits per heavy atom. The molecule has 0 radical (unpaired) electrons. The number of hydrogen-bond acceptors (Lipinski definition) is 4. The second-order valence-electron chi connectivity index (χ2n) is 4.78. The first kappa shape index (κ1) is 16.1. The number of nitrogens with one attached hydrogen (secondary N) is 1. The van der Waals surface area contributed by atoms with Crippen LogP contribution < -0.4 is 16.6 Å². The highest BCUT2D eigenvalue weighted by Gasteiger charge is 2.07. The van der Waals surface area contributed by atoms with Crippen LogP contribution in [0.25, 0.3) is 0 Å².